The van der Waals surface area contributed by atoms with Crippen molar-refractivity contribution in [3.8, 4) is 5.75 Å². The van der Waals surface area contributed by atoms with E-state index in [9.17, 15) is 22.8 Å². The lowest BCUT2D eigenvalue weighted by molar-refractivity contribution is -0.192. The number of pyridine rings is 1. The topological polar surface area (TPSA) is 156 Å². The Morgan fingerprint density at radius 1 is 1.10 bits per heavy atom. The Morgan fingerprint density at radius 2 is 1.79 bits per heavy atom. The van der Waals surface area contributed by atoms with Gasteiger partial charge in [-0.15, -0.1) is 0 Å². The number of halogens is 4. The molecule has 1 aromatic heterocycles. The molecule has 1 fully saturated rings. The predicted molar refractivity (Wildman–Crippen MR) is 151 cm³/mol. The lowest BCUT2D eigenvalue weighted by atomic mass is 10.0. The quantitative estimate of drug-likeness (QED) is 0.251. The minimum atomic E-state index is -5.08. The molecule has 224 valence electrons. The van der Waals surface area contributed by atoms with Crippen LogP contribution < -0.4 is 26.4 Å². The van der Waals surface area contributed by atoms with E-state index < -0.39 is 18.1 Å². The van der Waals surface area contributed by atoms with E-state index in [2.05, 4.69) is 20.9 Å². The fourth-order valence-corrected chi connectivity index (χ4v) is 3.93. The van der Waals surface area contributed by atoms with Crippen LogP contribution in [-0.4, -0.2) is 53.2 Å². The molecule has 0 saturated carbocycles. The zero-order valence-corrected chi connectivity index (χ0v) is 23.1. The number of nitrogens with zero attached hydrogens (tertiary/aromatic N) is 1. The van der Waals surface area contributed by atoms with E-state index in [0.717, 1.165) is 24.9 Å². The maximum absolute atomic E-state index is 13.3. The number of aromatic nitrogens is 1. The van der Waals surface area contributed by atoms with Gasteiger partial charge in [-0.2, -0.15) is 13.2 Å². The highest BCUT2D eigenvalue weighted by Crippen LogP contribution is 2.27. The fourth-order valence-electron chi connectivity index (χ4n) is 3.82. The summed E-state index contributed by atoms with van der Waals surface area (Å²) in [6, 6.07) is 15.1. The first-order valence-electron chi connectivity index (χ1n) is 12.8. The molecule has 1 aliphatic heterocycles. The van der Waals surface area contributed by atoms with Crippen molar-refractivity contribution in [3.05, 3.63) is 82.5 Å². The summed E-state index contributed by atoms with van der Waals surface area (Å²) in [4.78, 5) is 39.2. The zero-order valence-electron chi connectivity index (χ0n) is 22.4. The number of amides is 2. The average molecular weight is 608 g/mol. The molecule has 3 aromatic rings. The summed E-state index contributed by atoms with van der Waals surface area (Å²) in [5.74, 6) is -2.73. The van der Waals surface area contributed by atoms with Gasteiger partial charge in [0, 0.05) is 18.8 Å². The van der Waals surface area contributed by atoms with Crippen LogP contribution in [0, 0.1) is 0 Å². The summed E-state index contributed by atoms with van der Waals surface area (Å²) in [6.45, 7) is 3.55. The maximum Gasteiger partial charge on any atom is 0.490 e. The number of anilines is 2. The Bertz CT molecular complexity index is 1400. The number of hydrogen-bond acceptors (Lipinski definition) is 7. The molecule has 10 nitrogen and oxygen atoms in total. The third kappa shape index (κ3) is 9.43. The summed E-state index contributed by atoms with van der Waals surface area (Å²) in [7, 11) is 0. The highest BCUT2D eigenvalue weighted by atomic mass is 35.5. The number of nitrogens with one attached hydrogen (secondary N) is 3. The molecule has 0 aliphatic carbocycles. The smallest absolute Gasteiger partial charge is 0.488 e. The van der Waals surface area contributed by atoms with Gasteiger partial charge >= 0.3 is 12.1 Å². The number of carboxylic acids is 1. The summed E-state index contributed by atoms with van der Waals surface area (Å²) in [5, 5.41) is 16.5. The lowest BCUT2D eigenvalue weighted by Gasteiger charge is -2.25. The van der Waals surface area contributed by atoms with Crippen LogP contribution in [0.5, 0.6) is 5.75 Å². The Labute approximate surface area is 244 Å². The van der Waals surface area contributed by atoms with E-state index in [0.29, 0.717) is 39.9 Å². The maximum atomic E-state index is 13.3. The highest BCUT2D eigenvalue weighted by Gasteiger charge is 2.38. The molecule has 2 amide bonds. The number of hydrogen-bond donors (Lipinski definition) is 5. The third-order valence-corrected chi connectivity index (χ3v) is 6.18. The molecule has 2 aromatic carbocycles. The number of ether oxygens (including phenoxy) is 1. The SMILES string of the molecule is CC(N)c1ccc(C(=O)Nc2ccccc2C(=O)Nc2ccc(Cl)cn2)c(OC2CCCNC2)c1.O=C(O)C(F)(F)F. The van der Waals surface area contributed by atoms with Crippen LogP contribution in [0.1, 0.15) is 52.1 Å². The van der Waals surface area contributed by atoms with Gasteiger partial charge in [-0.25, -0.2) is 9.78 Å². The number of aliphatic carboxylic acids is 1. The molecule has 0 bridgehead atoms. The number of carbonyl (C=O) groups excluding carboxylic acids is 2. The molecular formula is C28H29ClF3N5O5. The van der Waals surface area contributed by atoms with Gasteiger partial charge in [0.05, 0.1) is 21.8 Å². The van der Waals surface area contributed by atoms with Crippen LogP contribution in [0.3, 0.4) is 0 Å². The second-order valence-corrected chi connectivity index (χ2v) is 9.69. The molecule has 0 radical (unpaired) electrons. The van der Waals surface area contributed by atoms with Crippen LogP contribution in [0.2, 0.25) is 5.02 Å². The molecule has 1 saturated heterocycles. The van der Waals surface area contributed by atoms with Gasteiger partial charge in [-0.05, 0) is 68.3 Å². The summed E-state index contributed by atoms with van der Waals surface area (Å²) in [5.41, 5.74) is 7.97. The molecule has 14 heteroatoms. The van der Waals surface area contributed by atoms with Crippen molar-refractivity contribution in [1.29, 1.82) is 0 Å². The number of carbonyl (C=O) groups is 3. The van der Waals surface area contributed by atoms with Gasteiger partial charge in [0.2, 0.25) is 0 Å². The first-order chi connectivity index (χ1) is 19.8. The first-order valence-corrected chi connectivity index (χ1v) is 13.1. The van der Waals surface area contributed by atoms with Gasteiger partial charge in [0.1, 0.15) is 17.7 Å². The van der Waals surface area contributed by atoms with E-state index in [-0.39, 0.29) is 18.1 Å². The van der Waals surface area contributed by atoms with Crippen molar-refractivity contribution in [3.63, 3.8) is 0 Å². The van der Waals surface area contributed by atoms with Crippen LogP contribution in [0.15, 0.2) is 60.8 Å². The van der Waals surface area contributed by atoms with Gasteiger partial charge in [-0.1, -0.05) is 29.8 Å². The highest BCUT2D eigenvalue weighted by molar-refractivity contribution is 6.30. The molecule has 2 heterocycles. The number of piperidine rings is 1. The number of carboxylic acid groups (broad SMARTS) is 1. The van der Waals surface area contributed by atoms with E-state index in [1.807, 2.05) is 19.1 Å². The molecule has 6 N–H and O–H groups in total. The first kappa shape index (κ1) is 32.3. The molecular weight excluding hydrogens is 579 g/mol. The minimum absolute atomic E-state index is 0.0384. The third-order valence-electron chi connectivity index (χ3n) is 5.95. The Kier molecular flexibility index (Phi) is 11.2. The van der Waals surface area contributed by atoms with Crippen LogP contribution in [0.4, 0.5) is 24.7 Å². The minimum Gasteiger partial charge on any atom is -0.488 e. The Balaban J connectivity index is 0.000000616. The summed E-state index contributed by atoms with van der Waals surface area (Å²) < 4.78 is 38.0. The normalized spacial score (nSPS) is 15.4. The Hall–Kier alpha value is -4.20. The number of nitrogens with two attached hydrogens (primary N) is 1. The van der Waals surface area contributed by atoms with Crippen LogP contribution in [0.25, 0.3) is 0 Å². The van der Waals surface area contributed by atoms with Crippen molar-refractivity contribution < 1.29 is 37.4 Å². The molecule has 0 spiro atoms. The largest absolute Gasteiger partial charge is 0.490 e. The van der Waals surface area contributed by atoms with E-state index in [4.69, 9.17) is 32.0 Å². The molecule has 1 aliphatic rings. The lowest BCUT2D eigenvalue weighted by Crippen LogP contribution is -2.37. The molecule has 4 rings (SSSR count). The van der Waals surface area contributed by atoms with Crippen molar-refractivity contribution in [1.82, 2.24) is 10.3 Å². The second kappa shape index (κ2) is 14.6. The van der Waals surface area contributed by atoms with Crippen LogP contribution >= 0.6 is 11.6 Å². The van der Waals surface area contributed by atoms with Gasteiger partial charge in [0.15, 0.2) is 0 Å². The van der Waals surface area contributed by atoms with E-state index >= 15 is 0 Å². The van der Waals surface area contributed by atoms with Gasteiger partial charge in [0.25, 0.3) is 11.8 Å². The molecule has 42 heavy (non-hydrogen) atoms. The number of alkyl halides is 3. The van der Waals surface area contributed by atoms with E-state index in [1.54, 1.807) is 42.5 Å². The van der Waals surface area contributed by atoms with Crippen molar-refractivity contribution in [2.24, 2.45) is 5.73 Å². The van der Waals surface area contributed by atoms with Gasteiger partial charge in [-0.3, -0.25) is 9.59 Å². The number of rotatable bonds is 7. The van der Waals surface area contributed by atoms with Gasteiger partial charge < -0.3 is 31.5 Å². The summed E-state index contributed by atoms with van der Waals surface area (Å²) in [6.07, 6.45) is -1.77. The fraction of sp³-hybridized carbons (Fsp3) is 0.286. The molecule has 2 unspecified atom stereocenters. The second-order valence-electron chi connectivity index (χ2n) is 9.25. The summed E-state index contributed by atoms with van der Waals surface area (Å²) >= 11 is 5.86. The van der Waals surface area contributed by atoms with Crippen molar-refractivity contribution in [2.75, 3.05) is 23.7 Å². The predicted octanol–water partition coefficient (Wildman–Crippen LogP) is 5.02. The monoisotopic (exact) mass is 607 g/mol. The molecule has 2 atom stereocenters. The number of para-hydroxylation sites is 1. The van der Waals surface area contributed by atoms with Crippen molar-refractivity contribution >= 4 is 40.9 Å². The average Bonchev–Trinajstić information content (AvgIpc) is 2.95. The van der Waals surface area contributed by atoms with Crippen LogP contribution in [-0.2, 0) is 4.79 Å². The number of benzene rings is 2. The Morgan fingerprint density at radius 3 is 2.38 bits per heavy atom. The van der Waals surface area contributed by atoms with E-state index in [1.165, 1.54) is 6.20 Å². The standard InChI is InChI=1S/C26H28ClN5O3.C2HF3O2/c1-16(28)17-8-10-21(23(13-17)35-19-5-4-12-29-15-19)26(34)31-22-7-3-2-6-20(22)25(33)32-24-11-9-18(27)14-30-24;3-2(4,5)1(6)7/h2-3,6-11,13-14,16,19,29H,4-5,12,15,28H2,1H3,(H,31,34)(H,30,32,33);(H,6,7). The zero-order chi connectivity index (χ0) is 30.9. The van der Waals surface area contributed by atoms with Crippen molar-refractivity contribution in [2.45, 2.75) is 38.1 Å².